The summed E-state index contributed by atoms with van der Waals surface area (Å²) in [5.74, 6) is 0.611. The van der Waals surface area contributed by atoms with Crippen molar-refractivity contribution in [3.8, 4) is 0 Å². The van der Waals surface area contributed by atoms with Gasteiger partial charge in [-0.3, -0.25) is 0 Å². The Morgan fingerprint density at radius 2 is 1.80 bits per heavy atom. The fourth-order valence-electron chi connectivity index (χ4n) is 3.02. The van der Waals surface area contributed by atoms with Crippen LogP contribution in [-0.4, -0.2) is 47.7 Å². The topological polar surface area (TPSA) is 61.7 Å². The number of ether oxygens (including phenoxy) is 1. The molecule has 1 saturated carbocycles. The molecule has 1 aliphatic carbocycles. The molecule has 1 aliphatic rings. The summed E-state index contributed by atoms with van der Waals surface area (Å²) >= 11 is 0. The van der Waals surface area contributed by atoms with Crippen molar-refractivity contribution in [2.24, 2.45) is 5.92 Å². The molecule has 0 heterocycles. The first-order chi connectivity index (χ1) is 9.47. The number of nitrogens with one attached hydrogen (secondary N) is 1. The van der Waals surface area contributed by atoms with E-state index in [1.165, 1.54) is 6.42 Å². The number of rotatable bonds is 9. The van der Waals surface area contributed by atoms with Gasteiger partial charge in [0, 0.05) is 12.1 Å². The SMILES string of the molecule is CC(C)CC(C)OCC(O)CNC1(CO)CCCCC1. The minimum atomic E-state index is -0.505. The van der Waals surface area contributed by atoms with Crippen molar-refractivity contribution < 1.29 is 14.9 Å². The zero-order chi connectivity index (χ0) is 15.0. The molecule has 0 amide bonds. The Balaban J connectivity index is 2.22. The van der Waals surface area contributed by atoms with Crippen molar-refractivity contribution in [3.05, 3.63) is 0 Å². The molecule has 0 spiro atoms. The highest BCUT2D eigenvalue weighted by molar-refractivity contribution is 4.90. The van der Waals surface area contributed by atoms with Crippen LogP contribution in [0.25, 0.3) is 0 Å². The molecule has 120 valence electrons. The van der Waals surface area contributed by atoms with Crippen molar-refractivity contribution in [2.45, 2.75) is 77.0 Å². The lowest BCUT2D eigenvalue weighted by Crippen LogP contribution is -2.52. The van der Waals surface area contributed by atoms with Crippen LogP contribution in [0.3, 0.4) is 0 Å². The summed E-state index contributed by atoms with van der Waals surface area (Å²) in [4.78, 5) is 0. The maximum Gasteiger partial charge on any atom is 0.0898 e. The third-order valence-corrected chi connectivity index (χ3v) is 4.20. The molecule has 4 heteroatoms. The Morgan fingerprint density at radius 1 is 1.15 bits per heavy atom. The van der Waals surface area contributed by atoms with Crippen molar-refractivity contribution in [3.63, 3.8) is 0 Å². The molecule has 0 saturated heterocycles. The van der Waals surface area contributed by atoms with Gasteiger partial charge in [0.15, 0.2) is 0 Å². The smallest absolute Gasteiger partial charge is 0.0898 e. The van der Waals surface area contributed by atoms with E-state index in [0.29, 0.717) is 19.1 Å². The van der Waals surface area contributed by atoms with E-state index >= 15 is 0 Å². The van der Waals surface area contributed by atoms with Crippen LogP contribution in [0.5, 0.6) is 0 Å². The third kappa shape index (κ3) is 6.53. The van der Waals surface area contributed by atoms with Gasteiger partial charge in [-0.05, 0) is 32.1 Å². The highest BCUT2D eigenvalue weighted by Crippen LogP contribution is 2.27. The summed E-state index contributed by atoms with van der Waals surface area (Å²) in [7, 11) is 0. The molecular weight excluding hydrogens is 254 g/mol. The summed E-state index contributed by atoms with van der Waals surface area (Å²) in [6.07, 6.45) is 6.27. The lowest BCUT2D eigenvalue weighted by Gasteiger charge is -2.37. The van der Waals surface area contributed by atoms with Gasteiger partial charge in [0.1, 0.15) is 0 Å². The molecule has 0 aromatic carbocycles. The molecule has 0 bridgehead atoms. The summed E-state index contributed by atoms with van der Waals surface area (Å²) in [6.45, 7) is 7.41. The van der Waals surface area contributed by atoms with E-state index in [1.54, 1.807) is 0 Å². The summed E-state index contributed by atoms with van der Waals surface area (Å²) < 4.78 is 5.67. The lowest BCUT2D eigenvalue weighted by molar-refractivity contribution is -0.0138. The van der Waals surface area contributed by atoms with E-state index in [0.717, 1.165) is 32.1 Å². The number of aliphatic hydroxyl groups excluding tert-OH is 2. The Bertz CT molecular complexity index is 252. The van der Waals surface area contributed by atoms with E-state index in [2.05, 4.69) is 26.1 Å². The summed E-state index contributed by atoms with van der Waals surface area (Å²) in [5.41, 5.74) is -0.178. The second kappa shape index (κ2) is 8.98. The van der Waals surface area contributed by atoms with Gasteiger partial charge in [-0.15, -0.1) is 0 Å². The quantitative estimate of drug-likeness (QED) is 0.607. The molecular formula is C16H33NO3. The molecule has 1 fully saturated rings. The Labute approximate surface area is 123 Å². The van der Waals surface area contributed by atoms with Crippen LogP contribution < -0.4 is 5.32 Å². The second-order valence-electron chi connectivity index (χ2n) is 6.81. The molecule has 0 aromatic heterocycles. The average molecular weight is 287 g/mol. The Kier molecular flexibility index (Phi) is 8.03. The standard InChI is InChI=1S/C16H33NO3/c1-13(2)9-14(3)20-11-15(19)10-17-16(12-18)7-5-4-6-8-16/h13-15,17-19H,4-12H2,1-3H3. The lowest BCUT2D eigenvalue weighted by atomic mass is 9.82. The Hall–Kier alpha value is -0.160. The van der Waals surface area contributed by atoms with E-state index in [-0.39, 0.29) is 18.2 Å². The van der Waals surface area contributed by atoms with Crippen LogP contribution in [0, 0.1) is 5.92 Å². The normalized spacial score (nSPS) is 21.9. The maximum absolute atomic E-state index is 10.0. The van der Waals surface area contributed by atoms with Crippen LogP contribution >= 0.6 is 0 Å². The van der Waals surface area contributed by atoms with Crippen molar-refractivity contribution in [1.29, 1.82) is 0 Å². The van der Waals surface area contributed by atoms with E-state index < -0.39 is 6.10 Å². The number of hydrogen-bond donors (Lipinski definition) is 3. The van der Waals surface area contributed by atoms with Gasteiger partial charge in [-0.2, -0.15) is 0 Å². The first-order valence-corrected chi connectivity index (χ1v) is 8.13. The predicted octanol–water partition coefficient (Wildman–Crippen LogP) is 2.08. The minimum Gasteiger partial charge on any atom is -0.394 e. The largest absolute Gasteiger partial charge is 0.394 e. The van der Waals surface area contributed by atoms with Crippen LogP contribution in [0.1, 0.15) is 59.3 Å². The van der Waals surface area contributed by atoms with E-state index in [4.69, 9.17) is 4.74 Å². The van der Waals surface area contributed by atoms with Crippen LogP contribution in [0.2, 0.25) is 0 Å². The predicted molar refractivity (Wildman–Crippen MR) is 81.8 cm³/mol. The highest BCUT2D eigenvalue weighted by atomic mass is 16.5. The molecule has 2 atom stereocenters. The van der Waals surface area contributed by atoms with Gasteiger partial charge in [0.05, 0.1) is 25.4 Å². The highest BCUT2D eigenvalue weighted by Gasteiger charge is 2.31. The van der Waals surface area contributed by atoms with Crippen molar-refractivity contribution in [2.75, 3.05) is 19.8 Å². The summed E-state index contributed by atoms with van der Waals surface area (Å²) in [5, 5.41) is 23.0. The first kappa shape index (κ1) is 17.9. The van der Waals surface area contributed by atoms with Crippen LogP contribution in [0.15, 0.2) is 0 Å². The molecule has 3 N–H and O–H groups in total. The molecule has 4 nitrogen and oxygen atoms in total. The van der Waals surface area contributed by atoms with Gasteiger partial charge in [-0.25, -0.2) is 0 Å². The number of hydrogen-bond acceptors (Lipinski definition) is 4. The fourth-order valence-corrected chi connectivity index (χ4v) is 3.02. The van der Waals surface area contributed by atoms with Gasteiger partial charge < -0.3 is 20.3 Å². The third-order valence-electron chi connectivity index (χ3n) is 4.20. The second-order valence-corrected chi connectivity index (χ2v) is 6.81. The first-order valence-electron chi connectivity index (χ1n) is 8.13. The van der Waals surface area contributed by atoms with E-state index in [1.807, 2.05) is 0 Å². The van der Waals surface area contributed by atoms with Gasteiger partial charge in [-0.1, -0.05) is 33.1 Å². The monoisotopic (exact) mass is 287 g/mol. The van der Waals surface area contributed by atoms with Gasteiger partial charge >= 0.3 is 0 Å². The zero-order valence-corrected chi connectivity index (χ0v) is 13.4. The summed E-state index contributed by atoms with van der Waals surface area (Å²) in [6, 6.07) is 0. The van der Waals surface area contributed by atoms with Crippen LogP contribution in [-0.2, 0) is 4.74 Å². The number of aliphatic hydroxyl groups is 2. The van der Waals surface area contributed by atoms with Crippen molar-refractivity contribution in [1.82, 2.24) is 5.32 Å². The number of β-amino-alcohol motifs (C(OH)–C–C–N with tert-alkyl or cyclic N) is 1. The maximum atomic E-state index is 10.0. The molecule has 0 aliphatic heterocycles. The van der Waals surface area contributed by atoms with Crippen molar-refractivity contribution >= 4 is 0 Å². The van der Waals surface area contributed by atoms with Gasteiger partial charge in [0.25, 0.3) is 0 Å². The van der Waals surface area contributed by atoms with E-state index in [9.17, 15) is 10.2 Å². The fraction of sp³-hybridized carbons (Fsp3) is 1.00. The Morgan fingerprint density at radius 3 is 2.35 bits per heavy atom. The molecule has 0 aromatic rings. The minimum absolute atomic E-state index is 0.157. The zero-order valence-electron chi connectivity index (χ0n) is 13.4. The molecule has 2 unspecified atom stereocenters. The van der Waals surface area contributed by atoms with Crippen LogP contribution in [0.4, 0.5) is 0 Å². The van der Waals surface area contributed by atoms with Gasteiger partial charge in [0.2, 0.25) is 0 Å². The molecule has 20 heavy (non-hydrogen) atoms. The molecule has 1 rings (SSSR count). The average Bonchev–Trinajstić information content (AvgIpc) is 2.43. The molecule has 0 radical (unpaired) electrons.